The van der Waals surface area contributed by atoms with Crippen LogP contribution in [0.5, 0.6) is 0 Å². The molecule has 2 aromatic carbocycles. The smallest absolute Gasteiger partial charge is 0.256 e. The second-order valence-electron chi connectivity index (χ2n) is 4.85. The van der Waals surface area contributed by atoms with Gasteiger partial charge in [0.25, 0.3) is 5.91 Å². The van der Waals surface area contributed by atoms with Crippen LogP contribution in [0.15, 0.2) is 59.6 Å². The molecule has 1 atom stereocenters. The Labute approximate surface area is 128 Å². The molecule has 0 heterocycles. The van der Waals surface area contributed by atoms with Crippen LogP contribution in [-0.2, 0) is 11.2 Å². The van der Waals surface area contributed by atoms with E-state index in [1.165, 1.54) is 0 Å². The van der Waals surface area contributed by atoms with E-state index in [0.29, 0.717) is 12.0 Å². The third-order valence-corrected chi connectivity index (χ3v) is 3.26. The summed E-state index contributed by atoms with van der Waals surface area (Å²) >= 11 is 0. The van der Waals surface area contributed by atoms with Crippen molar-refractivity contribution in [2.45, 2.75) is 12.3 Å². The van der Waals surface area contributed by atoms with Gasteiger partial charge in [-0.05, 0) is 29.7 Å². The van der Waals surface area contributed by atoms with E-state index >= 15 is 0 Å². The molecule has 0 bridgehead atoms. The van der Waals surface area contributed by atoms with Gasteiger partial charge in [-0.25, -0.2) is 0 Å². The Balaban J connectivity index is 2.34. The summed E-state index contributed by atoms with van der Waals surface area (Å²) in [6.07, 6.45) is 0.488. The number of nitrogens with two attached hydrogens (primary N) is 2. The van der Waals surface area contributed by atoms with Gasteiger partial charge in [0.2, 0.25) is 0 Å². The maximum atomic E-state index is 12.3. The van der Waals surface area contributed by atoms with E-state index in [2.05, 4.69) is 11.1 Å². The first kappa shape index (κ1) is 15.3. The van der Waals surface area contributed by atoms with Crippen molar-refractivity contribution in [3.63, 3.8) is 0 Å². The van der Waals surface area contributed by atoms with E-state index in [1.54, 1.807) is 24.3 Å². The number of hydrogen-bond acceptors (Lipinski definition) is 2. The van der Waals surface area contributed by atoms with Crippen LogP contribution in [0.2, 0.25) is 0 Å². The zero-order chi connectivity index (χ0) is 15.9. The molecule has 1 unspecified atom stereocenters. The quantitative estimate of drug-likeness (QED) is 0.660. The number of carbonyl (C=O) groups is 1. The maximum Gasteiger partial charge on any atom is 0.256 e. The average Bonchev–Trinajstić information content (AvgIpc) is 2.53. The van der Waals surface area contributed by atoms with E-state index in [9.17, 15) is 4.79 Å². The van der Waals surface area contributed by atoms with Crippen LogP contribution in [0.25, 0.3) is 0 Å². The van der Waals surface area contributed by atoms with Crippen LogP contribution >= 0.6 is 0 Å². The topological polar surface area (TPSA) is 105 Å². The number of benzene rings is 2. The Morgan fingerprint density at radius 1 is 1.09 bits per heavy atom. The monoisotopic (exact) mass is 292 g/mol. The second kappa shape index (κ2) is 7.04. The fourth-order valence-corrected chi connectivity index (χ4v) is 2.19. The maximum absolute atomic E-state index is 12.3. The Morgan fingerprint density at radius 2 is 1.73 bits per heavy atom. The van der Waals surface area contributed by atoms with Gasteiger partial charge in [-0.3, -0.25) is 4.79 Å². The molecule has 4 N–H and O–H groups in total. The highest BCUT2D eigenvalue weighted by Crippen LogP contribution is 2.23. The number of nitriles is 1. The molecule has 2 rings (SSSR count). The highest BCUT2D eigenvalue weighted by molar-refractivity contribution is 5.95. The number of nitrogens with zero attached hydrogens (tertiary/aromatic N) is 2. The van der Waals surface area contributed by atoms with Gasteiger partial charge in [-0.2, -0.15) is 10.3 Å². The summed E-state index contributed by atoms with van der Waals surface area (Å²) in [5, 5.41) is 8.86. The van der Waals surface area contributed by atoms with Crippen molar-refractivity contribution in [1.82, 2.24) is 0 Å². The van der Waals surface area contributed by atoms with Crippen LogP contribution < -0.4 is 11.5 Å². The Bertz CT molecular complexity index is 711. The lowest BCUT2D eigenvalue weighted by atomic mass is 9.91. The van der Waals surface area contributed by atoms with Crippen molar-refractivity contribution in [3.05, 3.63) is 71.3 Å². The Kier molecular flexibility index (Phi) is 4.89. The predicted octanol–water partition coefficient (Wildman–Crippen LogP) is 1.68. The third-order valence-electron chi connectivity index (χ3n) is 3.26. The molecule has 5 heteroatoms. The first-order chi connectivity index (χ1) is 10.6. The third kappa shape index (κ3) is 3.93. The summed E-state index contributed by atoms with van der Waals surface area (Å²) in [4.78, 5) is 16.0. The van der Waals surface area contributed by atoms with Gasteiger partial charge in [0.15, 0.2) is 5.96 Å². The minimum absolute atomic E-state index is 0.253. The average molecular weight is 292 g/mol. The molecular weight excluding hydrogens is 276 g/mol. The lowest BCUT2D eigenvalue weighted by Crippen LogP contribution is -2.26. The number of guanidine groups is 1. The molecule has 2 aromatic rings. The summed E-state index contributed by atoms with van der Waals surface area (Å²) < 4.78 is 0. The summed E-state index contributed by atoms with van der Waals surface area (Å²) in [5.74, 6) is -1.14. The highest BCUT2D eigenvalue weighted by atomic mass is 16.1. The fraction of sp³-hybridized carbons (Fsp3) is 0.118. The number of rotatable bonds is 4. The zero-order valence-corrected chi connectivity index (χ0v) is 11.9. The second-order valence-corrected chi connectivity index (χ2v) is 4.85. The van der Waals surface area contributed by atoms with Gasteiger partial charge in [-0.1, -0.05) is 42.5 Å². The molecule has 0 aliphatic heterocycles. The molecule has 0 aliphatic carbocycles. The van der Waals surface area contributed by atoms with Crippen molar-refractivity contribution in [1.29, 1.82) is 5.26 Å². The van der Waals surface area contributed by atoms with Gasteiger partial charge in [0, 0.05) is 0 Å². The van der Waals surface area contributed by atoms with Crippen LogP contribution in [0, 0.1) is 11.3 Å². The van der Waals surface area contributed by atoms with E-state index < -0.39 is 11.8 Å². The van der Waals surface area contributed by atoms with Gasteiger partial charge in [0.05, 0.1) is 17.6 Å². The minimum Gasteiger partial charge on any atom is -0.370 e. The van der Waals surface area contributed by atoms with Crippen LogP contribution in [-0.4, -0.2) is 11.9 Å². The molecular formula is C17H16N4O. The SMILES string of the molecule is N#Cc1ccc(C(Cc2ccccc2)C(=O)N=C(N)N)cc1. The molecule has 0 saturated carbocycles. The summed E-state index contributed by atoms with van der Waals surface area (Å²) in [6.45, 7) is 0. The van der Waals surface area contributed by atoms with Gasteiger partial charge >= 0.3 is 0 Å². The van der Waals surface area contributed by atoms with Gasteiger partial charge in [0.1, 0.15) is 0 Å². The van der Waals surface area contributed by atoms with Crippen molar-refractivity contribution in [3.8, 4) is 6.07 Å². The molecule has 22 heavy (non-hydrogen) atoms. The minimum atomic E-state index is -0.489. The van der Waals surface area contributed by atoms with Crippen LogP contribution in [0.1, 0.15) is 22.6 Å². The summed E-state index contributed by atoms with van der Waals surface area (Å²) in [5.41, 5.74) is 12.9. The molecule has 0 radical (unpaired) electrons. The molecule has 0 spiro atoms. The zero-order valence-electron chi connectivity index (χ0n) is 11.9. The number of amides is 1. The molecule has 1 amide bonds. The van der Waals surface area contributed by atoms with Crippen molar-refractivity contribution >= 4 is 11.9 Å². The first-order valence-electron chi connectivity index (χ1n) is 6.77. The summed E-state index contributed by atoms with van der Waals surface area (Å²) in [7, 11) is 0. The van der Waals surface area contributed by atoms with Crippen molar-refractivity contribution < 1.29 is 4.79 Å². The highest BCUT2D eigenvalue weighted by Gasteiger charge is 2.21. The van der Waals surface area contributed by atoms with Gasteiger partial charge in [-0.15, -0.1) is 0 Å². The van der Waals surface area contributed by atoms with Crippen LogP contribution in [0.4, 0.5) is 0 Å². The number of hydrogen-bond donors (Lipinski definition) is 2. The lowest BCUT2D eigenvalue weighted by molar-refractivity contribution is -0.119. The first-order valence-corrected chi connectivity index (χ1v) is 6.77. The number of carbonyl (C=O) groups excluding carboxylic acids is 1. The van der Waals surface area contributed by atoms with E-state index in [4.69, 9.17) is 16.7 Å². The predicted molar refractivity (Wildman–Crippen MR) is 84.9 cm³/mol. The number of aliphatic imine (C=N–C) groups is 1. The lowest BCUT2D eigenvalue weighted by Gasteiger charge is -2.14. The molecule has 0 aliphatic rings. The van der Waals surface area contributed by atoms with Crippen molar-refractivity contribution in [2.75, 3.05) is 0 Å². The molecule has 5 nitrogen and oxygen atoms in total. The van der Waals surface area contributed by atoms with Gasteiger partial charge < -0.3 is 11.5 Å². The van der Waals surface area contributed by atoms with Crippen LogP contribution in [0.3, 0.4) is 0 Å². The van der Waals surface area contributed by atoms with E-state index in [-0.39, 0.29) is 5.96 Å². The Hall–Kier alpha value is -3.13. The normalized spacial score (nSPS) is 11.2. The van der Waals surface area contributed by atoms with E-state index in [0.717, 1.165) is 11.1 Å². The Morgan fingerprint density at radius 3 is 2.27 bits per heavy atom. The van der Waals surface area contributed by atoms with E-state index in [1.807, 2.05) is 30.3 Å². The summed E-state index contributed by atoms with van der Waals surface area (Å²) in [6, 6.07) is 18.5. The van der Waals surface area contributed by atoms with Crippen molar-refractivity contribution in [2.24, 2.45) is 16.5 Å². The molecule has 0 aromatic heterocycles. The molecule has 0 fully saturated rings. The molecule has 110 valence electrons. The molecule has 0 saturated heterocycles. The standard InChI is InChI=1S/C17H16N4O/c18-11-13-6-8-14(9-7-13)15(16(22)21-17(19)20)10-12-4-2-1-3-5-12/h1-9,15H,10H2,(H4,19,20,21,22). The largest absolute Gasteiger partial charge is 0.370 e. The fourth-order valence-electron chi connectivity index (χ4n) is 2.19.